The van der Waals surface area contributed by atoms with Crippen LogP contribution in [0.15, 0.2) is 24.3 Å². The predicted octanol–water partition coefficient (Wildman–Crippen LogP) is 4.75. The van der Waals surface area contributed by atoms with Crippen LogP contribution in [0.4, 0.5) is 4.11 Å². The van der Waals surface area contributed by atoms with E-state index in [9.17, 15) is 103 Å². The number of hydrogen-bond donors (Lipinski definition) is 11. The lowest BCUT2D eigenvalue weighted by Crippen LogP contribution is -2.57. The third-order valence-electron chi connectivity index (χ3n) is 17.7. The van der Waals surface area contributed by atoms with E-state index in [0.717, 1.165) is 0 Å². The summed E-state index contributed by atoms with van der Waals surface area (Å²) < 4.78 is 17.1. The molecule has 0 aromatic heterocycles. The molecule has 11 N–H and O–H groups in total. The third-order valence-corrected chi connectivity index (χ3v) is 23.0. The Labute approximate surface area is 573 Å². The number of carboxylic acids is 8. The van der Waals surface area contributed by atoms with Crippen molar-refractivity contribution in [2.75, 3.05) is 85.1 Å². The highest BCUT2D eigenvalue weighted by Gasteiger charge is 2.56. The fourth-order valence-electron chi connectivity index (χ4n) is 12.4. The van der Waals surface area contributed by atoms with Gasteiger partial charge in [0.1, 0.15) is 23.7 Å². The Hall–Kier alpha value is -7.61. The van der Waals surface area contributed by atoms with Crippen LogP contribution < -0.4 is 21.1 Å². The summed E-state index contributed by atoms with van der Waals surface area (Å²) in [5, 5.41) is 84.5. The van der Waals surface area contributed by atoms with E-state index in [1.165, 1.54) is 26.8 Å². The van der Waals surface area contributed by atoms with Gasteiger partial charge in [-0.1, -0.05) is 85.8 Å². The second-order valence-corrected chi connectivity index (χ2v) is 32.5. The van der Waals surface area contributed by atoms with Crippen LogP contribution in [-0.2, 0) is 62.3 Å². The van der Waals surface area contributed by atoms with E-state index in [4.69, 9.17) is 5.11 Å². The average molecular weight is 1410 g/mol. The van der Waals surface area contributed by atoms with Crippen LogP contribution in [0.25, 0.3) is 0 Å². The second kappa shape index (κ2) is 43.7. The van der Waals surface area contributed by atoms with Crippen LogP contribution in [0.1, 0.15) is 187 Å². The van der Waals surface area contributed by atoms with Gasteiger partial charge in [-0.15, -0.1) is 0 Å². The molecular formula is C67H106FN7O22Si. The zero-order valence-electron chi connectivity index (χ0n) is 57.7. The summed E-state index contributed by atoms with van der Waals surface area (Å²) in [6.45, 7) is 9.51. The van der Waals surface area contributed by atoms with Crippen molar-refractivity contribution in [2.24, 2.45) is 17.8 Å². The molecule has 29 nitrogen and oxygen atoms in total. The number of carboxylic acid groups (broad SMARTS) is 8. The highest BCUT2D eigenvalue weighted by molar-refractivity contribution is 6.90. The maximum Gasteiger partial charge on any atom is 0.320 e. The molecule has 1 aromatic rings. The summed E-state index contributed by atoms with van der Waals surface area (Å²) in [5.41, 5.74) is 0.101. The van der Waals surface area contributed by atoms with Crippen LogP contribution in [0.5, 0.6) is 0 Å². The summed E-state index contributed by atoms with van der Waals surface area (Å²) in [6, 6.07) is 3.09. The number of carbonyl (C=O) groups excluding carboxylic acids is 6. The summed E-state index contributed by atoms with van der Waals surface area (Å²) in [4.78, 5) is 181. The van der Waals surface area contributed by atoms with Gasteiger partial charge >= 0.3 is 47.8 Å². The SMILES string of the molecule is CC(C)(C)[Si](F)(c1ccc(C(=O)NC[C@@H](NC(=O)CCC(C(=O)O)N2CCN(CC(=O)O)CCN(CC(=O)O)CCN(CC(=O)O)CC2)C(=O)C[C@H](CCCCCC(=O)CCCCCCC(=O)NCCCC[C@H](CC(=O)C[C@@H](CCC(=O)O)C(=O)O)C(=O)O)C(=O)O)cc1)C(C)(C)C. The molecular weight excluding hydrogens is 1300 g/mol. The van der Waals surface area contributed by atoms with Gasteiger partial charge in [0.05, 0.1) is 37.4 Å². The van der Waals surface area contributed by atoms with Crippen molar-refractivity contribution >= 4 is 96.4 Å². The smallest absolute Gasteiger partial charge is 0.320 e. The standard InChI is InChI=1S/C67H106FN7O22Si/c1-66(2,3)98(68,67(4,5)6)51-24-21-45(22-25-51)61(89)70-41-52(71-56(80)27-26-53(65(96)97)75-36-34-73(43-59(85)86)32-30-72(42-58(83)84)31-33-74(35-37-75)44-60(87)88)54(78)40-47(63(92)93)16-10-9-12-19-49(76)18-11-7-8-13-20-55(79)69-29-15-14-17-46(62(90)91)38-50(77)39-48(64(94)95)23-28-57(81)82/h21-22,24-25,46-48,52-53H,7-20,23,26-44H2,1-6H3,(H,69,79)(H,70,89)(H,71,80)(H,81,82)(H,83,84)(H,85,86)(H,87,88)(H,90,91)(H,92,93)(H,94,95)(H,96,97)/t46-,47+,48-,52-,53?/m1/s1. The van der Waals surface area contributed by atoms with Crippen molar-refractivity contribution in [3.8, 4) is 0 Å². The van der Waals surface area contributed by atoms with E-state index in [0.29, 0.717) is 69.4 Å². The molecule has 1 aliphatic heterocycles. The molecule has 98 heavy (non-hydrogen) atoms. The number of amides is 3. The van der Waals surface area contributed by atoms with Crippen LogP contribution in [0, 0.1) is 17.8 Å². The number of nitrogens with zero attached hydrogens (tertiary/aromatic N) is 4. The Balaban J connectivity index is 2.09. The molecule has 1 saturated heterocycles. The lowest BCUT2D eigenvalue weighted by Gasteiger charge is -2.44. The maximum absolute atomic E-state index is 17.1. The number of benzene rings is 1. The minimum Gasteiger partial charge on any atom is -0.481 e. The summed E-state index contributed by atoms with van der Waals surface area (Å²) in [5.74, 6) is -16.6. The molecule has 5 atom stereocenters. The van der Waals surface area contributed by atoms with Crippen molar-refractivity contribution in [3.05, 3.63) is 29.8 Å². The first kappa shape index (κ1) is 86.5. The van der Waals surface area contributed by atoms with Crippen molar-refractivity contribution in [2.45, 2.75) is 199 Å². The summed E-state index contributed by atoms with van der Waals surface area (Å²) in [7, 11) is -3.73. The van der Waals surface area contributed by atoms with Crippen molar-refractivity contribution in [1.82, 2.24) is 35.6 Å². The number of carbonyl (C=O) groups is 14. The number of ketones is 3. The largest absolute Gasteiger partial charge is 0.481 e. The van der Waals surface area contributed by atoms with Gasteiger partial charge in [0.25, 0.3) is 14.3 Å². The molecule has 0 bridgehead atoms. The Morgan fingerprint density at radius 2 is 0.878 bits per heavy atom. The van der Waals surface area contributed by atoms with Crippen LogP contribution >= 0.6 is 0 Å². The number of aliphatic carboxylic acids is 8. The Morgan fingerprint density at radius 1 is 0.449 bits per heavy atom. The van der Waals surface area contributed by atoms with E-state index in [1.54, 1.807) is 17.0 Å². The van der Waals surface area contributed by atoms with Gasteiger partial charge in [0.15, 0.2) is 5.78 Å². The zero-order valence-corrected chi connectivity index (χ0v) is 58.7. The van der Waals surface area contributed by atoms with E-state index in [-0.39, 0.29) is 115 Å². The Morgan fingerprint density at radius 3 is 1.32 bits per heavy atom. The topological polar surface area (TPSA) is 450 Å². The van der Waals surface area contributed by atoms with Gasteiger partial charge in [0.2, 0.25) is 11.8 Å². The molecule has 552 valence electrons. The number of nitrogens with one attached hydrogen (secondary N) is 3. The minimum absolute atomic E-state index is 0.00310. The molecule has 1 aromatic carbocycles. The van der Waals surface area contributed by atoms with Crippen molar-refractivity contribution in [1.29, 1.82) is 0 Å². The first-order chi connectivity index (χ1) is 45.8. The predicted molar refractivity (Wildman–Crippen MR) is 358 cm³/mol. The molecule has 0 aliphatic carbocycles. The highest BCUT2D eigenvalue weighted by atomic mass is 28.4. The average Bonchev–Trinajstić information content (AvgIpc) is 0.749. The molecule has 3 amide bonds. The number of unbranched alkanes of at least 4 members (excludes halogenated alkanes) is 6. The molecule has 0 spiro atoms. The Bertz CT molecular complexity index is 2800. The van der Waals surface area contributed by atoms with E-state index < -0.39 is 178 Å². The number of hydrogen-bond acceptors (Lipinski definition) is 18. The number of Topliss-reactive ketones (excluding diaryl/α,β-unsaturated/α-hetero) is 3. The quantitative estimate of drug-likeness (QED) is 0.0238. The van der Waals surface area contributed by atoms with Gasteiger partial charge < -0.3 is 60.9 Å². The summed E-state index contributed by atoms with van der Waals surface area (Å²) >= 11 is 0. The van der Waals surface area contributed by atoms with Crippen LogP contribution in [0.2, 0.25) is 10.1 Å². The number of rotatable bonds is 47. The normalized spacial score (nSPS) is 15.7. The van der Waals surface area contributed by atoms with Gasteiger partial charge in [-0.25, -0.2) is 0 Å². The number of halogens is 1. The first-order valence-electron chi connectivity index (χ1n) is 33.7. The van der Waals surface area contributed by atoms with Gasteiger partial charge in [-0.3, -0.25) is 86.7 Å². The van der Waals surface area contributed by atoms with E-state index >= 15 is 4.11 Å². The Kier molecular flexibility index (Phi) is 38.6. The van der Waals surface area contributed by atoms with Gasteiger partial charge in [-0.2, -0.15) is 0 Å². The van der Waals surface area contributed by atoms with Gasteiger partial charge in [-0.05, 0) is 78.8 Å². The maximum atomic E-state index is 17.1. The highest BCUT2D eigenvalue weighted by Crippen LogP contribution is 2.51. The fourth-order valence-corrected chi connectivity index (χ4v) is 17.0. The molecule has 0 saturated carbocycles. The minimum atomic E-state index is -3.73. The first-order valence-corrected chi connectivity index (χ1v) is 35.6. The second-order valence-electron chi connectivity index (χ2n) is 27.6. The zero-order chi connectivity index (χ0) is 73.9. The molecule has 2 rings (SSSR count). The molecule has 1 fully saturated rings. The van der Waals surface area contributed by atoms with Gasteiger partial charge in [0, 0.05) is 122 Å². The molecule has 31 heteroatoms. The lowest BCUT2D eigenvalue weighted by atomic mass is 9.90. The third kappa shape index (κ3) is 33.3. The van der Waals surface area contributed by atoms with Crippen LogP contribution in [-0.4, -0.2) is 249 Å². The molecule has 1 heterocycles. The van der Waals surface area contributed by atoms with E-state index in [2.05, 4.69) is 16.0 Å². The van der Waals surface area contributed by atoms with Crippen molar-refractivity contribution in [3.63, 3.8) is 0 Å². The van der Waals surface area contributed by atoms with E-state index in [1.807, 2.05) is 41.5 Å². The fraction of sp³-hybridized carbons (Fsp3) is 0.701. The molecule has 1 aliphatic rings. The van der Waals surface area contributed by atoms with Crippen molar-refractivity contribution < 1.29 is 112 Å². The monoisotopic (exact) mass is 1410 g/mol. The molecule has 0 radical (unpaired) electrons. The van der Waals surface area contributed by atoms with Crippen LogP contribution in [0.3, 0.4) is 0 Å². The molecule has 1 unspecified atom stereocenters. The lowest BCUT2D eigenvalue weighted by molar-refractivity contribution is -0.146. The summed E-state index contributed by atoms with van der Waals surface area (Å²) in [6.07, 6.45) is 2.34.